The van der Waals surface area contributed by atoms with E-state index in [1.54, 1.807) is 0 Å². The van der Waals surface area contributed by atoms with E-state index in [1.807, 2.05) is 20.8 Å². The molecule has 0 N–H and O–H groups in total. The number of ether oxygens (including phenoxy) is 2. The third kappa shape index (κ3) is 2.32. The Balaban J connectivity index is 1.68. The van der Waals surface area contributed by atoms with Crippen molar-refractivity contribution >= 4 is 11.9 Å². The second kappa shape index (κ2) is 5.47. The Morgan fingerprint density at radius 1 is 1.17 bits per heavy atom. The summed E-state index contributed by atoms with van der Waals surface area (Å²) in [7, 11) is 0. The average Bonchev–Trinajstić information content (AvgIpc) is 2.97. The van der Waals surface area contributed by atoms with Crippen LogP contribution in [0.4, 0.5) is 0 Å². The van der Waals surface area contributed by atoms with Gasteiger partial charge in [-0.15, -0.1) is 0 Å². The van der Waals surface area contributed by atoms with Gasteiger partial charge in [0.1, 0.15) is 6.10 Å². The highest BCUT2D eigenvalue weighted by molar-refractivity contribution is 5.77. The standard InChI is InChI=1S/C20H30O4/c1-4-19(2,3)18(22)24-20(16-5-6-17(21)23-16)14-8-12-7-13(10-14)11-15(20)9-12/h12-16H,4-11H2,1-3H3. The second-order valence-electron chi connectivity index (χ2n) is 9.30. The summed E-state index contributed by atoms with van der Waals surface area (Å²) < 4.78 is 12.1. The van der Waals surface area contributed by atoms with Crippen LogP contribution in [0.15, 0.2) is 0 Å². The zero-order valence-corrected chi connectivity index (χ0v) is 15.2. The van der Waals surface area contributed by atoms with E-state index in [0.717, 1.165) is 43.9 Å². The molecule has 0 aromatic carbocycles. The molecule has 5 rings (SSSR count). The smallest absolute Gasteiger partial charge is 0.312 e. The molecule has 0 spiro atoms. The molecule has 4 aliphatic carbocycles. The van der Waals surface area contributed by atoms with Gasteiger partial charge in [-0.1, -0.05) is 6.92 Å². The number of esters is 2. The summed E-state index contributed by atoms with van der Waals surface area (Å²) in [5.41, 5.74) is -1.03. The predicted octanol–water partition coefficient (Wildman–Crippen LogP) is 3.87. The van der Waals surface area contributed by atoms with Gasteiger partial charge in [0.05, 0.1) is 5.41 Å². The summed E-state index contributed by atoms with van der Waals surface area (Å²) >= 11 is 0. The molecule has 5 fully saturated rings. The van der Waals surface area contributed by atoms with E-state index >= 15 is 0 Å². The van der Waals surface area contributed by atoms with Crippen LogP contribution in [0.25, 0.3) is 0 Å². The van der Waals surface area contributed by atoms with Crippen LogP contribution < -0.4 is 0 Å². The zero-order chi connectivity index (χ0) is 17.1. The number of carbonyl (C=O) groups is 2. The van der Waals surface area contributed by atoms with Crippen molar-refractivity contribution in [2.45, 2.75) is 83.8 Å². The molecule has 0 radical (unpaired) electrons. The highest BCUT2D eigenvalue weighted by atomic mass is 16.6. The Labute approximate surface area is 144 Å². The van der Waals surface area contributed by atoms with Crippen molar-refractivity contribution in [2.24, 2.45) is 29.1 Å². The van der Waals surface area contributed by atoms with Crippen LogP contribution in [0.5, 0.6) is 0 Å². The van der Waals surface area contributed by atoms with Gasteiger partial charge in [-0.25, -0.2) is 0 Å². The van der Waals surface area contributed by atoms with Crippen LogP contribution >= 0.6 is 0 Å². The number of rotatable bonds is 4. The molecule has 134 valence electrons. The molecular weight excluding hydrogens is 304 g/mol. The van der Waals surface area contributed by atoms with Crippen molar-refractivity contribution in [2.75, 3.05) is 0 Å². The average molecular weight is 334 g/mol. The third-order valence-corrected chi connectivity index (χ3v) is 7.51. The molecule has 4 heteroatoms. The molecule has 1 unspecified atom stereocenters. The first-order chi connectivity index (χ1) is 11.3. The van der Waals surface area contributed by atoms with Crippen LogP contribution in [0.1, 0.15) is 72.1 Å². The van der Waals surface area contributed by atoms with Crippen molar-refractivity contribution in [3.05, 3.63) is 0 Å². The van der Waals surface area contributed by atoms with Crippen molar-refractivity contribution in [1.29, 1.82) is 0 Å². The Morgan fingerprint density at radius 2 is 1.75 bits per heavy atom. The highest BCUT2D eigenvalue weighted by Gasteiger charge is 2.65. The van der Waals surface area contributed by atoms with Crippen LogP contribution in [0.3, 0.4) is 0 Å². The summed E-state index contributed by atoms with van der Waals surface area (Å²) in [5, 5.41) is 0. The predicted molar refractivity (Wildman–Crippen MR) is 89.1 cm³/mol. The van der Waals surface area contributed by atoms with Crippen LogP contribution in [0, 0.1) is 29.1 Å². The van der Waals surface area contributed by atoms with Gasteiger partial charge in [-0.3, -0.25) is 9.59 Å². The van der Waals surface area contributed by atoms with Gasteiger partial charge >= 0.3 is 11.9 Å². The van der Waals surface area contributed by atoms with Gasteiger partial charge in [-0.2, -0.15) is 0 Å². The van der Waals surface area contributed by atoms with Crippen molar-refractivity contribution in [3.8, 4) is 0 Å². The summed E-state index contributed by atoms with van der Waals surface area (Å²) in [4.78, 5) is 24.8. The first-order valence-corrected chi connectivity index (χ1v) is 9.78. The molecule has 0 aromatic heterocycles. The Hall–Kier alpha value is -1.06. The summed E-state index contributed by atoms with van der Waals surface area (Å²) in [6.07, 6.45) is 7.61. The van der Waals surface area contributed by atoms with Crippen molar-refractivity contribution in [1.82, 2.24) is 0 Å². The van der Waals surface area contributed by atoms with Gasteiger partial charge in [0.15, 0.2) is 5.60 Å². The summed E-state index contributed by atoms with van der Waals surface area (Å²) in [6.45, 7) is 5.94. The molecule has 0 aromatic rings. The summed E-state index contributed by atoms with van der Waals surface area (Å²) in [6, 6.07) is 0. The lowest BCUT2D eigenvalue weighted by Crippen LogP contribution is -2.65. The molecular formula is C20H30O4. The molecule has 1 saturated heterocycles. The minimum absolute atomic E-state index is 0.111. The first kappa shape index (κ1) is 16.4. The van der Waals surface area contributed by atoms with Crippen LogP contribution in [0.2, 0.25) is 0 Å². The van der Waals surface area contributed by atoms with Crippen LogP contribution in [-0.4, -0.2) is 23.6 Å². The van der Waals surface area contributed by atoms with E-state index in [0.29, 0.717) is 24.7 Å². The summed E-state index contributed by atoms with van der Waals surface area (Å²) in [5.74, 6) is 2.09. The SMILES string of the molecule is CCC(C)(C)C(=O)OC1(C2CCC(=O)O2)C2CC3CC(C2)CC1C3. The molecule has 4 nitrogen and oxygen atoms in total. The van der Waals surface area contributed by atoms with Gasteiger partial charge in [0.2, 0.25) is 0 Å². The molecule has 1 aliphatic heterocycles. The molecule has 4 bridgehead atoms. The third-order valence-electron chi connectivity index (χ3n) is 7.51. The van der Waals surface area contributed by atoms with Gasteiger partial charge in [0, 0.05) is 18.3 Å². The van der Waals surface area contributed by atoms with E-state index in [1.165, 1.54) is 6.42 Å². The van der Waals surface area contributed by atoms with Crippen molar-refractivity contribution < 1.29 is 19.1 Å². The van der Waals surface area contributed by atoms with Gasteiger partial charge in [0.25, 0.3) is 0 Å². The minimum atomic E-state index is -0.552. The number of cyclic esters (lactones) is 1. The lowest BCUT2D eigenvalue weighted by Gasteiger charge is -2.61. The maximum absolute atomic E-state index is 13.0. The molecule has 24 heavy (non-hydrogen) atoms. The largest absolute Gasteiger partial charge is 0.458 e. The van der Waals surface area contributed by atoms with Crippen LogP contribution in [-0.2, 0) is 19.1 Å². The number of hydrogen-bond acceptors (Lipinski definition) is 4. The maximum Gasteiger partial charge on any atom is 0.312 e. The van der Waals surface area contributed by atoms with E-state index in [4.69, 9.17) is 9.47 Å². The molecule has 1 heterocycles. The molecule has 4 saturated carbocycles. The fraction of sp³-hybridized carbons (Fsp3) is 0.900. The fourth-order valence-corrected chi connectivity index (χ4v) is 5.97. The molecule has 0 amide bonds. The minimum Gasteiger partial charge on any atom is -0.458 e. The quantitative estimate of drug-likeness (QED) is 0.733. The second-order valence-corrected chi connectivity index (χ2v) is 9.30. The van der Waals surface area contributed by atoms with E-state index < -0.39 is 11.0 Å². The first-order valence-electron chi connectivity index (χ1n) is 9.78. The Kier molecular flexibility index (Phi) is 3.74. The monoisotopic (exact) mass is 334 g/mol. The van der Waals surface area contributed by atoms with Gasteiger partial charge < -0.3 is 9.47 Å². The lowest BCUT2D eigenvalue weighted by atomic mass is 9.48. The Bertz CT molecular complexity index is 522. The Morgan fingerprint density at radius 3 is 2.21 bits per heavy atom. The zero-order valence-electron chi connectivity index (χ0n) is 15.2. The molecule has 5 aliphatic rings. The number of hydrogen-bond donors (Lipinski definition) is 0. The van der Waals surface area contributed by atoms with E-state index in [2.05, 4.69) is 0 Å². The highest BCUT2D eigenvalue weighted by Crippen LogP contribution is 2.62. The van der Waals surface area contributed by atoms with E-state index in [9.17, 15) is 9.59 Å². The van der Waals surface area contributed by atoms with E-state index in [-0.39, 0.29) is 18.0 Å². The maximum atomic E-state index is 13.0. The lowest BCUT2D eigenvalue weighted by molar-refractivity contribution is -0.247. The number of carbonyl (C=O) groups excluding carboxylic acids is 2. The van der Waals surface area contributed by atoms with Crippen molar-refractivity contribution in [3.63, 3.8) is 0 Å². The fourth-order valence-electron chi connectivity index (χ4n) is 5.97. The van der Waals surface area contributed by atoms with Gasteiger partial charge in [-0.05, 0) is 70.6 Å². The topological polar surface area (TPSA) is 52.6 Å². The normalized spacial score (nSPS) is 43.8. The molecule has 1 atom stereocenters.